The Hall–Kier alpha value is -1.69. The van der Waals surface area contributed by atoms with Gasteiger partial charge in [-0.25, -0.2) is 8.78 Å². The monoisotopic (exact) mass is 258 g/mol. The van der Waals surface area contributed by atoms with Gasteiger partial charge >= 0.3 is 0 Å². The summed E-state index contributed by atoms with van der Waals surface area (Å²) in [7, 11) is 1.23. The molecule has 0 bridgehead atoms. The molecule has 6 heteroatoms. The lowest BCUT2D eigenvalue weighted by atomic mass is 10.1. The van der Waals surface area contributed by atoms with Crippen LogP contribution in [0.15, 0.2) is 12.1 Å². The number of hydrogen-bond donors (Lipinski definition) is 2. The van der Waals surface area contributed by atoms with Gasteiger partial charge in [-0.3, -0.25) is 4.79 Å². The van der Waals surface area contributed by atoms with E-state index in [-0.39, 0.29) is 11.4 Å². The first-order valence-corrected chi connectivity index (χ1v) is 5.59. The van der Waals surface area contributed by atoms with Crippen molar-refractivity contribution in [3.05, 3.63) is 23.8 Å². The number of carbonyl (C=O) groups excluding carboxylic acids is 1. The van der Waals surface area contributed by atoms with Gasteiger partial charge in [0.1, 0.15) is 0 Å². The van der Waals surface area contributed by atoms with Crippen molar-refractivity contribution in [3.8, 4) is 5.75 Å². The zero-order chi connectivity index (χ0) is 13.7. The average Bonchev–Trinajstić information content (AvgIpc) is 2.33. The molecule has 0 aliphatic carbocycles. The highest BCUT2D eigenvalue weighted by Gasteiger charge is 2.16. The standard InChI is InChI=1S/C12H16F2N2O2/c1-3-4-9(15)12(17)16-10-5-8(14)11(18-2)6-7(10)13/h5-6,9H,3-4,15H2,1-2H3,(H,16,17). The van der Waals surface area contributed by atoms with Crippen LogP contribution in [0.1, 0.15) is 19.8 Å². The van der Waals surface area contributed by atoms with Crippen molar-refractivity contribution in [2.45, 2.75) is 25.8 Å². The Morgan fingerprint density at radius 2 is 2.11 bits per heavy atom. The average molecular weight is 258 g/mol. The first-order chi connectivity index (χ1) is 8.49. The van der Waals surface area contributed by atoms with E-state index >= 15 is 0 Å². The second-order valence-corrected chi connectivity index (χ2v) is 3.85. The van der Waals surface area contributed by atoms with Gasteiger partial charge in [-0.05, 0) is 6.42 Å². The molecule has 0 aliphatic heterocycles. The van der Waals surface area contributed by atoms with Gasteiger partial charge in [-0.2, -0.15) is 0 Å². The Morgan fingerprint density at radius 3 is 2.67 bits per heavy atom. The highest BCUT2D eigenvalue weighted by molar-refractivity contribution is 5.94. The first-order valence-electron chi connectivity index (χ1n) is 5.59. The Morgan fingerprint density at radius 1 is 1.44 bits per heavy atom. The summed E-state index contributed by atoms with van der Waals surface area (Å²) in [6.45, 7) is 1.88. The maximum atomic E-state index is 13.5. The van der Waals surface area contributed by atoms with Crippen molar-refractivity contribution >= 4 is 11.6 Å². The van der Waals surface area contributed by atoms with Crippen molar-refractivity contribution in [2.24, 2.45) is 5.73 Å². The summed E-state index contributed by atoms with van der Waals surface area (Å²) in [5.74, 6) is -2.28. The fourth-order valence-corrected chi connectivity index (χ4v) is 1.45. The minimum atomic E-state index is -0.773. The van der Waals surface area contributed by atoms with Gasteiger partial charge in [0, 0.05) is 12.1 Å². The molecular weight excluding hydrogens is 242 g/mol. The van der Waals surface area contributed by atoms with Crippen molar-refractivity contribution in [1.82, 2.24) is 0 Å². The number of benzene rings is 1. The molecule has 1 rings (SSSR count). The van der Waals surface area contributed by atoms with Crippen LogP contribution >= 0.6 is 0 Å². The number of halogens is 2. The molecule has 0 saturated carbocycles. The number of anilines is 1. The predicted molar refractivity (Wildman–Crippen MR) is 64.4 cm³/mol. The summed E-state index contributed by atoms with van der Waals surface area (Å²) >= 11 is 0. The maximum Gasteiger partial charge on any atom is 0.241 e. The number of carbonyl (C=O) groups is 1. The number of nitrogens with two attached hydrogens (primary N) is 1. The zero-order valence-electron chi connectivity index (χ0n) is 10.3. The molecule has 1 atom stereocenters. The van der Waals surface area contributed by atoms with Crippen molar-refractivity contribution in [2.75, 3.05) is 12.4 Å². The molecule has 0 saturated heterocycles. The summed E-state index contributed by atoms with van der Waals surface area (Å²) in [5, 5.41) is 2.25. The number of rotatable bonds is 5. The van der Waals surface area contributed by atoms with Crippen LogP contribution < -0.4 is 15.8 Å². The van der Waals surface area contributed by atoms with Gasteiger partial charge < -0.3 is 15.8 Å². The van der Waals surface area contributed by atoms with E-state index in [9.17, 15) is 13.6 Å². The Balaban J connectivity index is 2.85. The third-order valence-corrected chi connectivity index (χ3v) is 2.44. The van der Waals surface area contributed by atoms with Crippen molar-refractivity contribution in [1.29, 1.82) is 0 Å². The third-order valence-electron chi connectivity index (χ3n) is 2.44. The first kappa shape index (κ1) is 14.4. The second-order valence-electron chi connectivity index (χ2n) is 3.85. The van der Waals surface area contributed by atoms with E-state index in [1.807, 2.05) is 6.92 Å². The van der Waals surface area contributed by atoms with E-state index in [4.69, 9.17) is 5.73 Å². The minimum absolute atomic E-state index is 0.219. The van der Waals surface area contributed by atoms with E-state index in [2.05, 4.69) is 10.1 Å². The van der Waals surface area contributed by atoms with E-state index < -0.39 is 23.6 Å². The molecule has 0 radical (unpaired) electrons. The Bertz CT molecular complexity index is 438. The number of hydrogen-bond acceptors (Lipinski definition) is 3. The molecule has 0 spiro atoms. The molecule has 18 heavy (non-hydrogen) atoms. The van der Waals surface area contributed by atoms with Crippen LogP contribution in [0, 0.1) is 11.6 Å². The summed E-state index contributed by atoms with van der Waals surface area (Å²) in [6, 6.07) is 1.00. The van der Waals surface area contributed by atoms with Crippen LogP contribution in [-0.2, 0) is 4.79 Å². The van der Waals surface area contributed by atoms with E-state index in [0.29, 0.717) is 6.42 Å². The lowest BCUT2D eigenvalue weighted by Crippen LogP contribution is -2.35. The maximum absolute atomic E-state index is 13.5. The molecule has 0 fully saturated rings. The fraction of sp³-hybridized carbons (Fsp3) is 0.417. The minimum Gasteiger partial charge on any atom is -0.494 e. The van der Waals surface area contributed by atoms with Crippen LogP contribution in [0.3, 0.4) is 0 Å². The number of nitrogens with one attached hydrogen (secondary N) is 1. The lowest BCUT2D eigenvalue weighted by molar-refractivity contribution is -0.117. The number of methoxy groups -OCH3 is 1. The van der Waals surface area contributed by atoms with E-state index in [0.717, 1.165) is 18.6 Å². The molecule has 1 aromatic carbocycles. The van der Waals surface area contributed by atoms with Gasteiger partial charge in [0.15, 0.2) is 17.4 Å². The number of amides is 1. The van der Waals surface area contributed by atoms with Crippen molar-refractivity contribution in [3.63, 3.8) is 0 Å². The lowest BCUT2D eigenvalue weighted by Gasteiger charge is -2.12. The van der Waals surface area contributed by atoms with Crippen LogP contribution in [0.5, 0.6) is 5.75 Å². The largest absolute Gasteiger partial charge is 0.494 e. The SMILES string of the molecule is CCCC(N)C(=O)Nc1cc(F)c(OC)cc1F. The highest BCUT2D eigenvalue weighted by atomic mass is 19.1. The molecule has 3 N–H and O–H groups in total. The van der Waals surface area contributed by atoms with E-state index in [1.165, 1.54) is 7.11 Å². The predicted octanol–water partition coefficient (Wildman–Crippen LogP) is 2.04. The van der Waals surface area contributed by atoms with Crippen LogP contribution in [0.2, 0.25) is 0 Å². The zero-order valence-corrected chi connectivity index (χ0v) is 10.3. The molecular formula is C12H16F2N2O2. The smallest absolute Gasteiger partial charge is 0.241 e. The van der Waals surface area contributed by atoms with Gasteiger partial charge in [0.25, 0.3) is 0 Å². The van der Waals surface area contributed by atoms with Gasteiger partial charge in [-0.15, -0.1) is 0 Å². The highest BCUT2D eigenvalue weighted by Crippen LogP contribution is 2.24. The molecule has 100 valence electrons. The molecule has 4 nitrogen and oxygen atoms in total. The third kappa shape index (κ3) is 3.40. The fourth-order valence-electron chi connectivity index (χ4n) is 1.45. The van der Waals surface area contributed by atoms with E-state index in [1.54, 1.807) is 0 Å². The van der Waals surface area contributed by atoms with Crippen LogP contribution in [0.25, 0.3) is 0 Å². The summed E-state index contributed by atoms with van der Waals surface area (Å²) in [6.07, 6.45) is 1.21. The molecule has 0 heterocycles. The van der Waals surface area contributed by atoms with Crippen LogP contribution in [0.4, 0.5) is 14.5 Å². The van der Waals surface area contributed by atoms with Crippen molar-refractivity contribution < 1.29 is 18.3 Å². The normalized spacial score (nSPS) is 12.1. The van der Waals surface area contributed by atoms with Gasteiger partial charge in [0.2, 0.25) is 5.91 Å². The molecule has 0 aliphatic rings. The topological polar surface area (TPSA) is 64.4 Å². The molecule has 1 aromatic rings. The Labute approximate surface area is 104 Å². The molecule has 0 aromatic heterocycles. The summed E-state index contributed by atoms with van der Waals surface area (Å²) in [4.78, 5) is 11.6. The van der Waals surface area contributed by atoms with Gasteiger partial charge in [-0.1, -0.05) is 13.3 Å². The molecule has 1 amide bonds. The van der Waals surface area contributed by atoms with Crippen LogP contribution in [-0.4, -0.2) is 19.1 Å². The van der Waals surface area contributed by atoms with Gasteiger partial charge in [0.05, 0.1) is 18.8 Å². The summed E-state index contributed by atoms with van der Waals surface area (Å²) < 4.78 is 31.5. The summed E-state index contributed by atoms with van der Waals surface area (Å²) in [5.41, 5.74) is 5.32. The molecule has 1 unspecified atom stereocenters. The Kier molecular flexibility index (Phi) is 5.03. The number of ether oxygens (including phenoxy) is 1. The quantitative estimate of drug-likeness (QED) is 0.849. The second kappa shape index (κ2) is 6.30.